The number of rotatable bonds is 6. The first-order chi connectivity index (χ1) is 12.1. The third kappa shape index (κ3) is 3.35. The topological polar surface area (TPSA) is 76.2 Å². The van der Waals surface area contributed by atoms with E-state index in [1.54, 1.807) is 6.20 Å². The minimum Gasteiger partial charge on any atom is -0.454 e. The van der Waals surface area contributed by atoms with Crippen molar-refractivity contribution < 1.29 is 19.1 Å². The summed E-state index contributed by atoms with van der Waals surface area (Å²) in [5.74, 6) is -0.864. The molecule has 0 radical (unpaired) electrons. The SMILES string of the molecule is CCc1cccc2c(C(=O)COC(=O)c3ccc(C=O)cc3)c[nH]c12. The van der Waals surface area contributed by atoms with Crippen LogP contribution < -0.4 is 0 Å². The monoisotopic (exact) mass is 335 g/mol. The molecule has 0 aliphatic heterocycles. The summed E-state index contributed by atoms with van der Waals surface area (Å²) in [6, 6.07) is 11.8. The van der Waals surface area contributed by atoms with Crippen molar-refractivity contribution in [3.63, 3.8) is 0 Å². The van der Waals surface area contributed by atoms with Crippen LogP contribution >= 0.6 is 0 Å². The number of ketones is 1. The quantitative estimate of drug-likeness (QED) is 0.424. The lowest BCUT2D eigenvalue weighted by Crippen LogP contribution is -2.14. The molecule has 0 spiro atoms. The van der Waals surface area contributed by atoms with Crippen molar-refractivity contribution >= 4 is 28.9 Å². The van der Waals surface area contributed by atoms with E-state index in [9.17, 15) is 14.4 Å². The number of benzene rings is 2. The number of carbonyl (C=O) groups excluding carboxylic acids is 3. The number of hydrogen-bond donors (Lipinski definition) is 1. The summed E-state index contributed by atoms with van der Waals surface area (Å²) in [6.45, 7) is 1.71. The molecule has 2 aromatic carbocycles. The molecule has 1 N–H and O–H groups in total. The Balaban J connectivity index is 1.72. The zero-order chi connectivity index (χ0) is 17.8. The number of esters is 1. The van der Waals surface area contributed by atoms with Crippen molar-refractivity contribution in [3.05, 3.63) is 70.9 Å². The summed E-state index contributed by atoms with van der Waals surface area (Å²) >= 11 is 0. The van der Waals surface area contributed by atoms with Crippen LogP contribution in [-0.4, -0.2) is 29.6 Å². The van der Waals surface area contributed by atoms with Gasteiger partial charge in [-0.1, -0.05) is 37.3 Å². The molecule has 0 saturated carbocycles. The minimum atomic E-state index is -0.597. The van der Waals surface area contributed by atoms with Gasteiger partial charge < -0.3 is 9.72 Å². The summed E-state index contributed by atoms with van der Waals surface area (Å²) < 4.78 is 5.10. The number of para-hydroxylation sites is 1. The van der Waals surface area contributed by atoms with Crippen LogP contribution in [0, 0.1) is 0 Å². The van der Waals surface area contributed by atoms with Gasteiger partial charge in [-0.15, -0.1) is 0 Å². The van der Waals surface area contributed by atoms with E-state index in [2.05, 4.69) is 11.9 Å². The van der Waals surface area contributed by atoms with E-state index >= 15 is 0 Å². The van der Waals surface area contributed by atoms with Gasteiger partial charge in [0.05, 0.1) is 5.56 Å². The summed E-state index contributed by atoms with van der Waals surface area (Å²) in [6.07, 6.45) is 3.20. The maximum absolute atomic E-state index is 12.4. The lowest BCUT2D eigenvalue weighted by Gasteiger charge is -2.04. The number of fused-ring (bicyclic) bond motifs is 1. The number of aryl methyl sites for hydroxylation is 1. The Labute approximate surface area is 144 Å². The molecular weight excluding hydrogens is 318 g/mol. The Morgan fingerprint density at radius 3 is 2.56 bits per heavy atom. The van der Waals surface area contributed by atoms with Gasteiger partial charge in [-0.2, -0.15) is 0 Å². The van der Waals surface area contributed by atoms with E-state index in [-0.39, 0.29) is 12.4 Å². The Morgan fingerprint density at radius 1 is 1.12 bits per heavy atom. The van der Waals surface area contributed by atoms with E-state index in [0.717, 1.165) is 22.9 Å². The van der Waals surface area contributed by atoms with Gasteiger partial charge in [0, 0.05) is 28.2 Å². The highest BCUT2D eigenvalue weighted by Gasteiger charge is 2.16. The van der Waals surface area contributed by atoms with E-state index in [1.807, 2.05) is 18.2 Å². The zero-order valence-electron chi connectivity index (χ0n) is 13.7. The van der Waals surface area contributed by atoms with Gasteiger partial charge in [-0.3, -0.25) is 9.59 Å². The molecule has 0 saturated heterocycles. The van der Waals surface area contributed by atoms with E-state index in [1.165, 1.54) is 24.3 Å². The summed E-state index contributed by atoms with van der Waals surface area (Å²) in [4.78, 5) is 38.2. The number of carbonyl (C=O) groups is 3. The van der Waals surface area contributed by atoms with Crippen molar-refractivity contribution in [2.24, 2.45) is 0 Å². The van der Waals surface area contributed by atoms with Gasteiger partial charge in [-0.25, -0.2) is 4.79 Å². The van der Waals surface area contributed by atoms with Crippen LogP contribution in [0.3, 0.4) is 0 Å². The van der Waals surface area contributed by atoms with Crippen LogP contribution in [0.1, 0.15) is 43.6 Å². The molecule has 0 fully saturated rings. The number of aromatic amines is 1. The second-order valence-corrected chi connectivity index (χ2v) is 5.63. The van der Waals surface area contributed by atoms with Crippen molar-refractivity contribution in [2.45, 2.75) is 13.3 Å². The van der Waals surface area contributed by atoms with Crippen LogP contribution in [0.15, 0.2) is 48.7 Å². The first kappa shape index (κ1) is 16.6. The summed E-state index contributed by atoms with van der Waals surface area (Å²) in [7, 11) is 0. The van der Waals surface area contributed by atoms with Crippen LogP contribution in [0.2, 0.25) is 0 Å². The van der Waals surface area contributed by atoms with Crippen molar-refractivity contribution in [2.75, 3.05) is 6.61 Å². The molecule has 0 aliphatic rings. The average molecular weight is 335 g/mol. The lowest BCUT2D eigenvalue weighted by molar-refractivity contribution is 0.0475. The Morgan fingerprint density at radius 2 is 1.88 bits per heavy atom. The molecule has 3 aromatic rings. The number of nitrogens with one attached hydrogen (secondary N) is 1. The van der Waals surface area contributed by atoms with Gasteiger partial charge in [0.15, 0.2) is 6.61 Å². The van der Waals surface area contributed by atoms with Gasteiger partial charge in [0.1, 0.15) is 6.29 Å². The molecule has 1 aromatic heterocycles. The van der Waals surface area contributed by atoms with Gasteiger partial charge in [-0.05, 0) is 24.1 Å². The number of aldehydes is 1. The van der Waals surface area contributed by atoms with Crippen LogP contribution in [0.4, 0.5) is 0 Å². The minimum absolute atomic E-state index is 0.266. The predicted molar refractivity (Wildman–Crippen MR) is 94.1 cm³/mol. The van der Waals surface area contributed by atoms with Gasteiger partial charge in [0.25, 0.3) is 0 Å². The zero-order valence-corrected chi connectivity index (χ0v) is 13.7. The number of Topliss-reactive ketones (excluding diaryl/α,β-unsaturated/α-hetero) is 1. The molecular formula is C20H17NO4. The highest BCUT2D eigenvalue weighted by molar-refractivity contribution is 6.09. The van der Waals surface area contributed by atoms with Crippen LogP contribution in [0.5, 0.6) is 0 Å². The molecule has 0 bridgehead atoms. The Hall–Kier alpha value is -3.21. The van der Waals surface area contributed by atoms with Crippen LogP contribution in [0.25, 0.3) is 10.9 Å². The number of aromatic nitrogens is 1. The second-order valence-electron chi connectivity index (χ2n) is 5.63. The molecule has 3 rings (SSSR count). The standard InChI is InChI=1S/C20H17NO4/c1-2-14-4-3-5-16-17(10-21-19(14)16)18(23)12-25-20(24)15-8-6-13(11-22)7-9-15/h3-11,21H,2,12H2,1H3. The maximum atomic E-state index is 12.4. The molecule has 0 amide bonds. The van der Waals surface area contributed by atoms with Gasteiger partial charge in [0.2, 0.25) is 5.78 Å². The van der Waals surface area contributed by atoms with E-state index in [0.29, 0.717) is 23.0 Å². The molecule has 25 heavy (non-hydrogen) atoms. The van der Waals surface area contributed by atoms with Crippen molar-refractivity contribution in [1.29, 1.82) is 0 Å². The fourth-order valence-corrected chi connectivity index (χ4v) is 2.73. The van der Waals surface area contributed by atoms with Crippen molar-refractivity contribution in [1.82, 2.24) is 4.98 Å². The lowest BCUT2D eigenvalue weighted by atomic mass is 10.1. The molecule has 5 heteroatoms. The summed E-state index contributed by atoms with van der Waals surface area (Å²) in [5, 5.41) is 0.829. The average Bonchev–Trinajstić information content (AvgIpc) is 3.10. The first-order valence-electron chi connectivity index (χ1n) is 7.98. The molecule has 5 nitrogen and oxygen atoms in total. The highest BCUT2D eigenvalue weighted by atomic mass is 16.5. The molecule has 0 atom stereocenters. The fourth-order valence-electron chi connectivity index (χ4n) is 2.73. The first-order valence-corrected chi connectivity index (χ1v) is 7.98. The fraction of sp³-hybridized carbons (Fsp3) is 0.150. The van der Waals surface area contributed by atoms with Crippen LogP contribution in [-0.2, 0) is 11.2 Å². The van der Waals surface area contributed by atoms with E-state index < -0.39 is 5.97 Å². The normalized spacial score (nSPS) is 10.6. The Bertz CT molecular complexity index is 938. The number of H-pyrrole nitrogens is 1. The van der Waals surface area contributed by atoms with Crippen molar-refractivity contribution in [3.8, 4) is 0 Å². The molecule has 0 aliphatic carbocycles. The Kier molecular flexibility index (Phi) is 4.75. The van der Waals surface area contributed by atoms with E-state index in [4.69, 9.17) is 4.74 Å². The molecule has 0 unspecified atom stereocenters. The maximum Gasteiger partial charge on any atom is 0.338 e. The predicted octanol–water partition coefficient (Wildman–Crippen LogP) is 3.58. The molecule has 1 heterocycles. The van der Waals surface area contributed by atoms with Gasteiger partial charge >= 0.3 is 5.97 Å². The largest absolute Gasteiger partial charge is 0.454 e. The molecule has 126 valence electrons. The second kappa shape index (κ2) is 7.13. The number of hydrogen-bond acceptors (Lipinski definition) is 4. The number of ether oxygens (including phenoxy) is 1. The smallest absolute Gasteiger partial charge is 0.338 e. The summed E-state index contributed by atoms with van der Waals surface area (Å²) in [5.41, 5.74) is 3.34. The third-order valence-corrected chi connectivity index (χ3v) is 4.10. The third-order valence-electron chi connectivity index (χ3n) is 4.10. The highest BCUT2D eigenvalue weighted by Crippen LogP contribution is 2.22.